The predicted molar refractivity (Wildman–Crippen MR) is 133 cm³/mol. The molecule has 0 amide bonds. The van der Waals surface area contributed by atoms with Gasteiger partial charge in [0, 0.05) is 31.3 Å². The quantitative estimate of drug-likeness (QED) is 0.269. The monoisotopic (exact) mass is 488 g/mol. The van der Waals surface area contributed by atoms with E-state index in [9.17, 15) is 0 Å². The molecule has 36 heavy (non-hydrogen) atoms. The van der Waals surface area contributed by atoms with E-state index in [4.69, 9.17) is 30.4 Å². The Morgan fingerprint density at radius 1 is 0.556 bits per heavy atom. The van der Waals surface area contributed by atoms with Gasteiger partial charge in [0.15, 0.2) is 0 Å². The Balaban J connectivity index is 1.45. The van der Waals surface area contributed by atoms with Gasteiger partial charge in [-0.3, -0.25) is 9.97 Å². The summed E-state index contributed by atoms with van der Waals surface area (Å²) in [5.74, 6) is 1.94. The molecule has 186 valence electrons. The van der Waals surface area contributed by atoms with Gasteiger partial charge in [-0.15, -0.1) is 0 Å². The summed E-state index contributed by atoms with van der Waals surface area (Å²) in [4.78, 5) is 17.5. The molecule has 10 heteroatoms. The first kappa shape index (κ1) is 24.8. The third kappa shape index (κ3) is 6.23. The van der Waals surface area contributed by atoms with Gasteiger partial charge >= 0.3 is 0 Å². The Morgan fingerprint density at radius 3 is 1.36 bits per heavy atom. The van der Waals surface area contributed by atoms with Gasteiger partial charge in [-0.05, 0) is 24.3 Å². The van der Waals surface area contributed by atoms with E-state index in [1.807, 2.05) is 60.7 Å². The standard InChI is InChI=1S/C26H28N6O4/c27-19-26(28,22-24(31-13-11-29-22)35-17-15-33-20-7-3-1-4-8-20)23-25(32-14-12-30-23)36-18-16-34-21-9-5-2-6-10-21/h1-14H,15-19,27-28H2. The van der Waals surface area contributed by atoms with Crippen LogP contribution in [0.4, 0.5) is 0 Å². The van der Waals surface area contributed by atoms with Gasteiger partial charge in [-0.2, -0.15) is 0 Å². The number of para-hydroxylation sites is 2. The van der Waals surface area contributed by atoms with Gasteiger partial charge < -0.3 is 30.4 Å². The van der Waals surface area contributed by atoms with E-state index >= 15 is 0 Å². The third-order valence-corrected chi connectivity index (χ3v) is 5.16. The van der Waals surface area contributed by atoms with Crippen molar-refractivity contribution in [1.29, 1.82) is 0 Å². The summed E-state index contributed by atoms with van der Waals surface area (Å²) in [6.07, 6.45) is 6.07. The fraction of sp³-hybridized carbons (Fsp3) is 0.231. The lowest BCUT2D eigenvalue weighted by molar-refractivity contribution is 0.203. The SMILES string of the molecule is NCC(N)(c1nccnc1OCCOc1ccccc1)c1nccnc1OCCOc1ccccc1. The molecule has 2 aromatic heterocycles. The van der Waals surface area contributed by atoms with Crippen LogP contribution in [-0.2, 0) is 5.54 Å². The second-order valence-electron chi connectivity index (χ2n) is 7.62. The van der Waals surface area contributed by atoms with E-state index in [2.05, 4.69) is 19.9 Å². The number of nitrogens with zero attached hydrogens (tertiary/aromatic N) is 4. The van der Waals surface area contributed by atoms with Gasteiger partial charge in [0.1, 0.15) is 54.9 Å². The molecule has 2 heterocycles. The van der Waals surface area contributed by atoms with Crippen molar-refractivity contribution in [2.24, 2.45) is 11.5 Å². The van der Waals surface area contributed by atoms with Crippen LogP contribution in [0.3, 0.4) is 0 Å². The fourth-order valence-corrected chi connectivity index (χ4v) is 3.41. The second kappa shape index (κ2) is 12.4. The zero-order chi connectivity index (χ0) is 25.1. The minimum absolute atomic E-state index is 0.0435. The first-order chi connectivity index (χ1) is 17.7. The molecule has 0 spiro atoms. The van der Waals surface area contributed by atoms with Crippen molar-refractivity contribution in [3.05, 3.63) is 96.8 Å². The number of ether oxygens (including phenoxy) is 4. The lowest BCUT2D eigenvalue weighted by Gasteiger charge is -2.28. The Kier molecular flexibility index (Phi) is 8.57. The highest BCUT2D eigenvalue weighted by Crippen LogP contribution is 2.33. The summed E-state index contributed by atoms with van der Waals surface area (Å²) < 4.78 is 23.1. The number of rotatable bonds is 13. The van der Waals surface area contributed by atoms with Gasteiger partial charge in [0.25, 0.3) is 0 Å². The molecule has 0 saturated heterocycles. The van der Waals surface area contributed by atoms with Gasteiger partial charge in [0.05, 0.1) is 0 Å². The van der Waals surface area contributed by atoms with Crippen molar-refractivity contribution >= 4 is 0 Å². The maximum Gasteiger partial charge on any atom is 0.238 e. The van der Waals surface area contributed by atoms with Gasteiger partial charge in [-0.1, -0.05) is 36.4 Å². The topological polar surface area (TPSA) is 141 Å². The molecule has 0 saturated carbocycles. The molecular formula is C26H28N6O4. The number of hydrogen-bond acceptors (Lipinski definition) is 10. The van der Waals surface area contributed by atoms with Crippen molar-refractivity contribution in [1.82, 2.24) is 19.9 Å². The summed E-state index contributed by atoms with van der Waals surface area (Å²) in [7, 11) is 0. The largest absolute Gasteiger partial charge is 0.490 e. The Hall–Kier alpha value is -4.28. The van der Waals surface area contributed by atoms with Crippen LogP contribution in [0.25, 0.3) is 0 Å². The zero-order valence-corrected chi connectivity index (χ0v) is 19.7. The highest BCUT2D eigenvalue weighted by atomic mass is 16.5. The summed E-state index contributed by atoms with van der Waals surface area (Å²) in [6, 6.07) is 18.9. The first-order valence-corrected chi connectivity index (χ1v) is 11.4. The molecule has 4 aromatic rings. The Labute approximate surface area is 209 Å². The van der Waals surface area contributed by atoms with Crippen LogP contribution in [0.2, 0.25) is 0 Å². The van der Waals surface area contributed by atoms with Crippen molar-refractivity contribution in [2.75, 3.05) is 33.0 Å². The van der Waals surface area contributed by atoms with Crippen molar-refractivity contribution in [3.8, 4) is 23.3 Å². The minimum Gasteiger partial charge on any atom is -0.490 e. The molecule has 0 fully saturated rings. The zero-order valence-electron chi connectivity index (χ0n) is 19.7. The van der Waals surface area contributed by atoms with E-state index in [1.165, 1.54) is 24.8 Å². The highest BCUT2D eigenvalue weighted by Gasteiger charge is 2.38. The maximum atomic E-state index is 6.78. The average molecular weight is 489 g/mol. The number of benzene rings is 2. The van der Waals surface area contributed by atoms with Crippen LogP contribution in [0.1, 0.15) is 11.4 Å². The highest BCUT2D eigenvalue weighted by molar-refractivity contribution is 5.40. The lowest BCUT2D eigenvalue weighted by Crippen LogP contribution is -2.47. The van der Waals surface area contributed by atoms with Crippen LogP contribution in [0, 0.1) is 0 Å². The normalized spacial score (nSPS) is 11.1. The van der Waals surface area contributed by atoms with Gasteiger partial charge in [-0.25, -0.2) is 9.97 Å². The summed E-state index contributed by atoms with van der Waals surface area (Å²) in [5.41, 5.74) is 12.2. The van der Waals surface area contributed by atoms with Crippen molar-refractivity contribution < 1.29 is 18.9 Å². The smallest absolute Gasteiger partial charge is 0.238 e. The molecule has 0 unspecified atom stereocenters. The summed E-state index contributed by atoms with van der Waals surface area (Å²) >= 11 is 0. The Bertz CT molecular complexity index is 1120. The number of aromatic nitrogens is 4. The molecule has 0 atom stereocenters. The molecular weight excluding hydrogens is 460 g/mol. The van der Waals surface area contributed by atoms with Gasteiger partial charge in [0.2, 0.25) is 11.8 Å². The van der Waals surface area contributed by atoms with Crippen molar-refractivity contribution in [2.45, 2.75) is 5.54 Å². The van der Waals surface area contributed by atoms with E-state index in [-0.39, 0.29) is 31.5 Å². The van der Waals surface area contributed by atoms with Crippen molar-refractivity contribution in [3.63, 3.8) is 0 Å². The summed E-state index contributed by atoms with van der Waals surface area (Å²) in [5, 5.41) is 0. The van der Waals surface area contributed by atoms with Crippen LogP contribution < -0.4 is 30.4 Å². The molecule has 0 aliphatic carbocycles. The molecule has 10 nitrogen and oxygen atoms in total. The molecule has 0 radical (unpaired) electrons. The molecule has 0 aliphatic rings. The number of hydrogen-bond donors (Lipinski definition) is 2. The average Bonchev–Trinajstić information content (AvgIpc) is 2.94. The first-order valence-electron chi connectivity index (χ1n) is 11.4. The molecule has 0 bridgehead atoms. The van der Waals surface area contributed by atoms with E-state index < -0.39 is 5.54 Å². The van der Waals surface area contributed by atoms with Crippen LogP contribution in [0.15, 0.2) is 85.5 Å². The van der Waals surface area contributed by atoms with Crippen LogP contribution >= 0.6 is 0 Å². The molecule has 2 aromatic carbocycles. The Morgan fingerprint density at radius 2 is 0.944 bits per heavy atom. The lowest BCUT2D eigenvalue weighted by atomic mass is 9.92. The van der Waals surface area contributed by atoms with Crippen LogP contribution in [-0.4, -0.2) is 52.9 Å². The predicted octanol–water partition coefficient (Wildman–Crippen LogP) is 2.34. The molecule has 0 aliphatic heterocycles. The minimum atomic E-state index is -1.37. The van der Waals surface area contributed by atoms with E-state index in [0.717, 1.165) is 11.5 Å². The summed E-state index contributed by atoms with van der Waals surface area (Å²) in [6.45, 7) is 1.02. The number of nitrogens with two attached hydrogens (primary N) is 2. The van der Waals surface area contributed by atoms with E-state index in [0.29, 0.717) is 24.6 Å². The fourth-order valence-electron chi connectivity index (χ4n) is 3.41. The van der Waals surface area contributed by atoms with Crippen LogP contribution in [0.5, 0.6) is 23.3 Å². The third-order valence-electron chi connectivity index (χ3n) is 5.16. The molecule has 4 rings (SSSR count). The maximum absolute atomic E-state index is 6.78. The second-order valence-corrected chi connectivity index (χ2v) is 7.62. The molecule has 4 N–H and O–H groups in total. The van der Waals surface area contributed by atoms with E-state index in [1.54, 1.807) is 0 Å².